The second kappa shape index (κ2) is 14.5. The van der Waals surface area contributed by atoms with Gasteiger partial charge in [0.05, 0.1) is 29.9 Å². The third kappa shape index (κ3) is 7.00. The number of ether oxygens (including phenoxy) is 3. The van der Waals surface area contributed by atoms with Crippen molar-refractivity contribution in [2.75, 3.05) is 49.2 Å². The molecule has 13 heteroatoms. The predicted molar refractivity (Wildman–Crippen MR) is 195 cm³/mol. The molecule has 0 N–H and O–H groups in total. The Hall–Kier alpha value is -4.29. The first-order chi connectivity index (χ1) is 24.2. The van der Waals surface area contributed by atoms with Gasteiger partial charge in [-0.05, 0) is 80.9 Å². The highest BCUT2D eigenvalue weighted by atomic mass is 35.5. The molecule has 4 heterocycles. The predicted octanol–water partition coefficient (Wildman–Crippen LogP) is 6.49. The van der Waals surface area contributed by atoms with Crippen LogP contribution in [0.3, 0.4) is 0 Å². The number of piperazine rings is 1. The third-order valence-corrected chi connectivity index (χ3v) is 10.2. The van der Waals surface area contributed by atoms with E-state index in [1.807, 2.05) is 61.9 Å². The summed E-state index contributed by atoms with van der Waals surface area (Å²) in [5, 5.41) is 5.32. The van der Waals surface area contributed by atoms with Crippen LogP contribution in [0.15, 0.2) is 90.2 Å². The summed E-state index contributed by atoms with van der Waals surface area (Å²) in [6.07, 6.45) is 5.79. The van der Waals surface area contributed by atoms with Gasteiger partial charge in [-0.2, -0.15) is 5.10 Å². The Bertz CT molecular complexity index is 1970. The molecule has 0 spiro atoms. The van der Waals surface area contributed by atoms with Crippen LogP contribution in [0, 0.1) is 6.92 Å². The van der Waals surface area contributed by atoms with E-state index in [0.29, 0.717) is 35.4 Å². The van der Waals surface area contributed by atoms with Gasteiger partial charge in [0, 0.05) is 60.5 Å². The first kappa shape index (κ1) is 34.2. The van der Waals surface area contributed by atoms with Crippen molar-refractivity contribution in [3.63, 3.8) is 0 Å². The highest BCUT2D eigenvalue weighted by Gasteiger charge is 2.45. The summed E-state index contributed by atoms with van der Waals surface area (Å²) < 4.78 is 24.2. The van der Waals surface area contributed by atoms with Crippen molar-refractivity contribution in [2.24, 2.45) is 0 Å². The topological polar surface area (TPSA) is 91.8 Å². The third-order valence-electron chi connectivity index (χ3n) is 9.62. The Kier molecular flexibility index (Phi) is 9.92. The second-order valence-corrected chi connectivity index (χ2v) is 13.7. The van der Waals surface area contributed by atoms with Crippen molar-refractivity contribution in [1.29, 1.82) is 0 Å². The molecule has 2 fully saturated rings. The van der Waals surface area contributed by atoms with Crippen LogP contribution in [0.4, 0.5) is 11.4 Å². The number of hydrogen-bond donors (Lipinski definition) is 0. The molecule has 50 heavy (non-hydrogen) atoms. The Morgan fingerprint density at radius 1 is 0.960 bits per heavy atom. The molecule has 11 nitrogen and oxygen atoms in total. The number of rotatable bonds is 11. The van der Waals surface area contributed by atoms with Gasteiger partial charge in [-0.1, -0.05) is 36.2 Å². The average Bonchev–Trinajstić information content (AvgIpc) is 3.86. The molecule has 0 aliphatic carbocycles. The van der Waals surface area contributed by atoms with Crippen LogP contribution in [-0.4, -0.2) is 69.4 Å². The van der Waals surface area contributed by atoms with Crippen molar-refractivity contribution < 1.29 is 14.2 Å². The Balaban J connectivity index is 0.932. The molecule has 2 aromatic heterocycles. The minimum Gasteiger partial charge on any atom is -0.491 e. The molecule has 0 unspecified atom stereocenters. The number of anilines is 2. The van der Waals surface area contributed by atoms with Crippen LogP contribution >= 0.6 is 23.2 Å². The van der Waals surface area contributed by atoms with Crippen LogP contribution in [0.25, 0.3) is 5.69 Å². The zero-order chi connectivity index (χ0) is 34.8. The standard InChI is InChI=1S/C37H41Cl2N7O4/c1-4-26(2)46-36(47)45(25-41-46)31-8-6-29(7-9-31)42-17-19-43(20-18-42)30-10-12-32(13-11-30)48-22-33-23-49-37(50-33,24-44-16-15-40-27(44)3)34-14-5-28(38)21-35(34)39/h5-16,21,25-26,33H,4,17-20,22-24H2,1-3H3/t26-,33-,37-/m1/s1. The van der Waals surface area contributed by atoms with Crippen molar-refractivity contribution in [3.8, 4) is 11.4 Å². The number of nitrogens with zero attached hydrogens (tertiary/aromatic N) is 7. The molecule has 262 valence electrons. The zero-order valence-corrected chi connectivity index (χ0v) is 29.9. The van der Waals surface area contributed by atoms with E-state index in [0.717, 1.165) is 61.2 Å². The van der Waals surface area contributed by atoms with Gasteiger partial charge in [0.2, 0.25) is 5.79 Å². The average molecular weight is 719 g/mol. The molecular formula is C37H41Cl2N7O4. The molecule has 7 rings (SSSR count). The largest absolute Gasteiger partial charge is 0.491 e. The summed E-state index contributed by atoms with van der Waals surface area (Å²) in [5.41, 5.74) is 3.70. The van der Waals surface area contributed by atoms with E-state index < -0.39 is 5.79 Å². The van der Waals surface area contributed by atoms with Gasteiger partial charge >= 0.3 is 5.69 Å². The Morgan fingerprint density at radius 2 is 1.62 bits per heavy atom. The van der Waals surface area contributed by atoms with Crippen molar-refractivity contribution in [2.45, 2.75) is 51.7 Å². The van der Waals surface area contributed by atoms with Crippen molar-refractivity contribution >= 4 is 34.6 Å². The van der Waals surface area contributed by atoms with Crippen LogP contribution < -0.4 is 20.2 Å². The van der Waals surface area contributed by atoms with E-state index in [1.54, 1.807) is 33.9 Å². The van der Waals surface area contributed by atoms with Crippen molar-refractivity contribution in [1.82, 2.24) is 23.9 Å². The molecule has 2 saturated heterocycles. The molecule has 3 aromatic carbocycles. The van der Waals surface area contributed by atoms with E-state index in [4.69, 9.17) is 37.4 Å². The number of aryl methyl sites for hydroxylation is 1. The molecule has 0 radical (unpaired) electrons. The summed E-state index contributed by atoms with van der Waals surface area (Å²) in [6, 6.07) is 21.7. The van der Waals surface area contributed by atoms with Gasteiger partial charge < -0.3 is 28.6 Å². The zero-order valence-electron chi connectivity index (χ0n) is 28.4. The summed E-state index contributed by atoms with van der Waals surface area (Å²) in [5.74, 6) is 0.501. The van der Waals surface area contributed by atoms with E-state index in [-0.39, 0.29) is 17.8 Å². The molecule has 5 aromatic rings. The monoisotopic (exact) mass is 717 g/mol. The molecular weight excluding hydrogens is 677 g/mol. The maximum Gasteiger partial charge on any atom is 0.350 e. The number of aromatic nitrogens is 5. The van der Waals surface area contributed by atoms with Crippen LogP contribution in [0.2, 0.25) is 10.0 Å². The Morgan fingerprint density at radius 3 is 2.24 bits per heavy atom. The van der Waals surface area contributed by atoms with Gasteiger partial charge in [0.15, 0.2) is 0 Å². The number of halogens is 2. The lowest BCUT2D eigenvalue weighted by molar-refractivity contribution is -0.189. The lowest BCUT2D eigenvalue weighted by Crippen LogP contribution is -2.46. The fourth-order valence-corrected chi connectivity index (χ4v) is 7.06. The minimum absolute atomic E-state index is 0.0657. The molecule has 0 amide bonds. The highest BCUT2D eigenvalue weighted by molar-refractivity contribution is 6.35. The first-order valence-electron chi connectivity index (χ1n) is 17.0. The quantitative estimate of drug-likeness (QED) is 0.153. The van der Waals surface area contributed by atoms with E-state index >= 15 is 0 Å². The van der Waals surface area contributed by atoms with Gasteiger partial charge in [0.25, 0.3) is 0 Å². The van der Waals surface area contributed by atoms with E-state index in [9.17, 15) is 4.79 Å². The normalized spacial score (nSPS) is 20.0. The molecule has 2 aliphatic rings. The van der Waals surface area contributed by atoms with Crippen LogP contribution in [-0.2, 0) is 21.8 Å². The molecule has 0 bridgehead atoms. The summed E-state index contributed by atoms with van der Waals surface area (Å²) in [7, 11) is 0. The van der Waals surface area contributed by atoms with Gasteiger partial charge in [-0.25, -0.2) is 19.0 Å². The van der Waals surface area contributed by atoms with Crippen LogP contribution in [0.5, 0.6) is 5.75 Å². The Labute approximate surface area is 301 Å². The van der Waals surface area contributed by atoms with E-state index in [1.165, 1.54) is 0 Å². The summed E-state index contributed by atoms with van der Waals surface area (Å²) in [6.45, 7) is 10.6. The van der Waals surface area contributed by atoms with Crippen LogP contribution in [0.1, 0.15) is 37.7 Å². The van der Waals surface area contributed by atoms with E-state index in [2.05, 4.69) is 44.1 Å². The number of hydrogen-bond acceptors (Lipinski definition) is 8. The summed E-state index contributed by atoms with van der Waals surface area (Å²) in [4.78, 5) is 21.9. The van der Waals surface area contributed by atoms with Crippen molar-refractivity contribution in [3.05, 3.63) is 117 Å². The fourth-order valence-electron chi connectivity index (χ4n) is 6.51. The SMILES string of the molecule is CC[C@@H](C)n1ncn(-c2ccc(N3CCN(c4ccc(OC[C@@H]5CO[C@@](Cn6ccnc6C)(c6ccc(Cl)cc6Cl)O5)cc4)CC3)cc2)c1=O. The maximum absolute atomic E-state index is 12.8. The smallest absolute Gasteiger partial charge is 0.350 e. The molecule has 0 saturated carbocycles. The number of imidazole rings is 1. The molecule has 3 atom stereocenters. The maximum atomic E-state index is 12.8. The lowest BCUT2D eigenvalue weighted by Gasteiger charge is -2.37. The van der Waals surface area contributed by atoms with Gasteiger partial charge in [0.1, 0.15) is 30.6 Å². The second-order valence-electron chi connectivity index (χ2n) is 12.8. The fraction of sp³-hybridized carbons (Fsp3) is 0.378. The number of benzene rings is 3. The summed E-state index contributed by atoms with van der Waals surface area (Å²) >= 11 is 12.8. The molecule has 2 aliphatic heterocycles. The first-order valence-corrected chi connectivity index (χ1v) is 17.7. The lowest BCUT2D eigenvalue weighted by atomic mass is 10.1. The minimum atomic E-state index is -1.11. The highest BCUT2D eigenvalue weighted by Crippen LogP contribution is 2.41. The van der Waals surface area contributed by atoms with Gasteiger partial charge in [-0.3, -0.25) is 0 Å². The van der Waals surface area contributed by atoms with Gasteiger partial charge in [-0.15, -0.1) is 0 Å².